The fourth-order valence-electron chi connectivity index (χ4n) is 2.58. The molecule has 0 aromatic heterocycles. The minimum absolute atomic E-state index is 0.0823. The van der Waals surface area contributed by atoms with Crippen LogP contribution in [0.2, 0.25) is 0 Å². The predicted molar refractivity (Wildman–Crippen MR) is 71.5 cm³/mol. The lowest BCUT2D eigenvalue weighted by molar-refractivity contribution is -0.124. The third-order valence-electron chi connectivity index (χ3n) is 3.84. The van der Waals surface area contributed by atoms with E-state index in [-0.39, 0.29) is 11.7 Å². The van der Waals surface area contributed by atoms with E-state index in [1.165, 1.54) is 25.3 Å². The number of carbonyl (C=O) groups excluding carboxylic acids is 1. The van der Waals surface area contributed by atoms with Crippen molar-refractivity contribution < 1.29 is 13.9 Å². The molecule has 0 bridgehead atoms. The topological polar surface area (TPSA) is 64.3 Å². The van der Waals surface area contributed by atoms with Gasteiger partial charge in [-0.25, -0.2) is 4.39 Å². The minimum atomic E-state index is -0.471. The first kappa shape index (κ1) is 13.8. The van der Waals surface area contributed by atoms with Gasteiger partial charge in [0.25, 0.3) is 0 Å². The second kappa shape index (κ2) is 5.57. The maximum absolute atomic E-state index is 13.3. The molecule has 1 fully saturated rings. The van der Waals surface area contributed by atoms with E-state index < -0.39 is 11.2 Å². The molecule has 1 amide bonds. The molecule has 0 atom stereocenters. The molecule has 1 aliphatic carbocycles. The molecule has 1 aromatic carbocycles. The summed E-state index contributed by atoms with van der Waals surface area (Å²) in [4.78, 5) is 12.3. The maximum Gasteiger partial charge on any atom is 0.231 e. The normalized spacial score (nSPS) is 17.2. The Morgan fingerprint density at radius 3 is 2.74 bits per heavy atom. The van der Waals surface area contributed by atoms with Gasteiger partial charge in [0, 0.05) is 18.3 Å². The Morgan fingerprint density at radius 1 is 1.47 bits per heavy atom. The zero-order valence-corrected chi connectivity index (χ0v) is 11.0. The van der Waals surface area contributed by atoms with Gasteiger partial charge in [-0.2, -0.15) is 0 Å². The molecule has 4 nitrogen and oxygen atoms in total. The second-order valence-corrected chi connectivity index (χ2v) is 5.00. The number of rotatable bonds is 4. The lowest BCUT2D eigenvalue weighted by Gasteiger charge is -2.25. The standard InChI is InChI=1S/C14H19FN2O2/c1-19-12-8-10(4-5-11(12)15)17-13(18)14(9-16)6-2-3-7-14/h4-5,8H,2-3,6-7,9,16H2,1H3,(H,17,18). The lowest BCUT2D eigenvalue weighted by atomic mass is 9.85. The van der Waals surface area contributed by atoms with Crippen molar-refractivity contribution in [3.63, 3.8) is 0 Å². The van der Waals surface area contributed by atoms with Crippen LogP contribution in [0.4, 0.5) is 10.1 Å². The van der Waals surface area contributed by atoms with Crippen LogP contribution < -0.4 is 15.8 Å². The zero-order valence-electron chi connectivity index (χ0n) is 11.0. The predicted octanol–water partition coefficient (Wildman–Crippen LogP) is 2.29. The highest BCUT2D eigenvalue weighted by Crippen LogP contribution is 2.38. The fraction of sp³-hybridized carbons (Fsp3) is 0.500. The Balaban J connectivity index is 2.14. The number of nitrogens with one attached hydrogen (secondary N) is 1. The summed E-state index contributed by atoms with van der Waals surface area (Å²) in [6, 6.07) is 4.28. The van der Waals surface area contributed by atoms with Gasteiger partial charge in [-0.15, -0.1) is 0 Å². The fourth-order valence-corrected chi connectivity index (χ4v) is 2.58. The summed E-state index contributed by atoms with van der Waals surface area (Å²) in [5, 5.41) is 2.81. The molecule has 2 rings (SSSR count). The van der Waals surface area contributed by atoms with Crippen molar-refractivity contribution in [3.05, 3.63) is 24.0 Å². The average Bonchev–Trinajstić information content (AvgIpc) is 2.91. The first-order valence-corrected chi connectivity index (χ1v) is 6.46. The number of halogens is 1. The number of anilines is 1. The van der Waals surface area contributed by atoms with Crippen molar-refractivity contribution in [1.82, 2.24) is 0 Å². The number of amides is 1. The summed E-state index contributed by atoms with van der Waals surface area (Å²) >= 11 is 0. The number of methoxy groups -OCH3 is 1. The van der Waals surface area contributed by atoms with Crippen LogP contribution >= 0.6 is 0 Å². The highest BCUT2D eigenvalue weighted by molar-refractivity contribution is 5.95. The number of nitrogens with two attached hydrogens (primary N) is 1. The maximum atomic E-state index is 13.3. The molecule has 104 valence electrons. The third kappa shape index (κ3) is 2.71. The highest BCUT2D eigenvalue weighted by Gasteiger charge is 2.39. The van der Waals surface area contributed by atoms with Crippen LogP contribution in [-0.2, 0) is 4.79 Å². The second-order valence-electron chi connectivity index (χ2n) is 5.00. The third-order valence-corrected chi connectivity index (χ3v) is 3.84. The van der Waals surface area contributed by atoms with Crippen LogP contribution in [0.15, 0.2) is 18.2 Å². The molecule has 3 N–H and O–H groups in total. The molecule has 0 heterocycles. The van der Waals surface area contributed by atoms with E-state index in [0.29, 0.717) is 12.2 Å². The van der Waals surface area contributed by atoms with Gasteiger partial charge in [-0.1, -0.05) is 12.8 Å². The van der Waals surface area contributed by atoms with Crippen LogP contribution in [0.1, 0.15) is 25.7 Å². The van der Waals surface area contributed by atoms with Gasteiger partial charge >= 0.3 is 0 Å². The van der Waals surface area contributed by atoms with Gasteiger partial charge in [-0.3, -0.25) is 4.79 Å². The molecule has 0 aliphatic heterocycles. The summed E-state index contributed by atoms with van der Waals surface area (Å²) in [7, 11) is 1.39. The first-order chi connectivity index (χ1) is 9.11. The van der Waals surface area contributed by atoms with Crippen LogP contribution in [0.3, 0.4) is 0 Å². The van der Waals surface area contributed by atoms with Crippen molar-refractivity contribution in [2.45, 2.75) is 25.7 Å². The minimum Gasteiger partial charge on any atom is -0.494 e. The summed E-state index contributed by atoms with van der Waals surface area (Å²) in [5.74, 6) is -0.415. The number of hydrogen-bond acceptors (Lipinski definition) is 3. The molecule has 1 aromatic rings. The van der Waals surface area contributed by atoms with Gasteiger partial charge < -0.3 is 15.8 Å². The van der Waals surface area contributed by atoms with Gasteiger partial charge in [0.15, 0.2) is 11.6 Å². The van der Waals surface area contributed by atoms with Crippen molar-refractivity contribution in [2.24, 2.45) is 11.1 Å². The SMILES string of the molecule is COc1cc(NC(=O)C2(CN)CCCC2)ccc1F. The average molecular weight is 266 g/mol. The molecule has 19 heavy (non-hydrogen) atoms. The van der Waals surface area contributed by atoms with E-state index in [1.807, 2.05) is 0 Å². The van der Waals surface area contributed by atoms with E-state index in [1.54, 1.807) is 0 Å². The van der Waals surface area contributed by atoms with E-state index in [0.717, 1.165) is 25.7 Å². The Kier molecular flexibility index (Phi) is 4.04. The largest absolute Gasteiger partial charge is 0.494 e. The molecule has 1 aliphatic rings. The lowest BCUT2D eigenvalue weighted by Crippen LogP contribution is -2.40. The molecule has 5 heteroatoms. The Labute approximate surface area is 112 Å². The highest BCUT2D eigenvalue weighted by atomic mass is 19.1. The van der Waals surface area contributed by atoms with Gasteiger partial charge in [0.1, 0.15) is 0 Å². The summed E-state index contributed by atoms with van der Waals surface area (Å²) < 4.78 is 18.2. The smallest absolute Gasteiger partial charge is 0.231 e. The molecular formula is C14H19FN2O2. The molecule has 0 radical (unpaired) electrons. The Morgan fingerprint density at radius 2 is 2.16 bits per heavy atom. The molecule has 0 unspecified atom stereocenters. The summed E-state index contributed by atoms with van der Waals surface area (Å²) in [6.45, 7) is 0.344. The molecule has 0 saturated heterocycles. The number of benzene rings is 1. The number of hydrogen-bond donors (Lipinski definition) is 2. The summed E-state index contributed by atoms with van der Waals surface area (Å²) in [6.07, 6.45) is 3.68. The zero-order chi connectivity index (χ0) is 13.9. The number of carbonyl (C=O) groups is 1. The van der Waals surface area contributed by atoms with Crippen LogP contribution in [0.5, 0.6) is 5.75 Å². The number of ether oxygens (including phenoxy) is 1. The van der Waals surface area contributed by atoms with Crippen molar-refractivity contribution in [3.8, 4) is 5.75 Å². The van der Waals surface area contributed by atoms with Crippen LogP contribution in [-0.4, -0.2) is 19.6 Å². The van der Waals surface area contributed by atoms with Gasteiger partial charge in [0.05, 0.1) is 12.5 Å². The van der Waals surface area contributed by atoms with Crippen molar-refractivity contribution in [2.75, 3.05) is 19.0 Å². The van der Waals surface area contributed by atoms with Crippen LogP contribution in [0.25, 0.3) is 0 Å². The van der Waals surface area contributed by atoms with E-state index in [2.05, 4.69) is 5.32 Å². The molecular weight excluding hydrogens is 247 g/mol. The monoisotopic (exact) mass is 266 g/mol. The summed E-state index contributed by atoms with van der Waals surface area (Å²) in [5.41, 5.74) is 5.82. The molecule has 0 spiro atoms. The van der Waals surface area contributed by atoms with E-state index in [9.17, 15) is 9.18 Å². The van der Waals surface area contributed by atoms with Crippen molar-refractivity contribution >= 4 is 11.6 Å². The van der Waals surface area contributed by atoms with Gasteiger partial charge in [-0.05, 0) is 25.0 Å². The first-order valence-electron chi connectivity index (χ1n) is 6.46. The van der Waals surface area contributed by atoms with Gasteiger partial charge in [0.2, 0.25) is 5.91 Å². The Bertz CT molecular complexity index is 471. The molecule has 1 saturated carbocycles. The van der Waals surface area contributed by atoms with Crippen LogP contribution in [0, 0.1) is 11.2 Å². The van der Waals surface area contributed by atoms with Crippen molar-refractivity contribution in [1.29, 1.82) is 0 Å². The Hall–Kier alpha value is -1.62. The van der Waals surface area contributed by atoms with E-state index in [4.69, 9.17) is 10.5 Å². The van der Waals surface area contributed by atoms with E-state index >= 15 is 0 Å². The quantitative estimate of drug-likeness (QED) is 0.878.